The summed E-state index contributed by atoms with van der Waals surface area (Å²) in [6, 6.07) is 6.90. The molecule has 0 aliphatic carbocycles. The minimum atomic E-state index is 0.454. The fourth-order valence-corrected chi connectivity index (χ4v) is 3.50. The average molecular weight is 288 g/mol. The van der Waals surface area contributed by atoms with Crippen LogP contribution in [0.5, 0.6) is 0 Å². The first-order valence-corrected chi connectivity index (χ1v) is 8.32. The van der Waals surface area contributed by atoms with E-state index in [1.165, 1.54) is 29.7 Å². The standard InChI is InChI=1S/C18H28N2O/c1-13(2)9-19-10-15-4-7-18(14(3)8-15)20-11-16-5-6-17(12-20)21-16/h4,7-8,13,16-17,19H,5-6,9-12H2,1-3H3. The molecule has 3 heteroatoms. The zero-order valence-corrected chi connectivity index (χ0v) is 13.6. The van der Waals surface area contributed by atoms with Gasteiger partial charge in [0.05, 0.1) is 12.2 Å². The van der Waals surface area contributed by atoms with Crippen LogP contribution in [-0.4, -0.2) is 31.8 Å². The van der Waals surface area contributed by atoms with Crippen LogP contribution in [0.2, 0.25) is 0 Å². The normalized spacial score (nSPS) is 24.9. The topological polar surface area (TPSA) is 24.5 Å². The molecule has 3 rings (SSSR count). The van der Waals surface area contributed by atoms with E-state index in [2.05, 4.69) is 49.2 Å². The van der Waals surface area contributed by atoms with Gasteiger partial charge in [-0.3, -0.25) is 0 Å². The predicted octanol–water partition coefficient (Wildman–Crippen LogP) is 3.11. The maximum absolute atomic E-state index is 5.94. The van der Waals surface area contributed by atoms with Crippen molar-refractivity contribution in [2.75, 3.05) is 24.5 Å². The van der Waals surface area contributed by atoms with Crippen molar-refractivity contribution >= 4 is 5.69 Å². The molecule has 0 aromatic heterocycles. The first kappa shape index (κ1) is 14.9. The fraction of sp³-hybridized carbons (Fsp3) is 0.667. The van der Waals surface area contributed by atoms with Gasteiger partial charge in [-0.15, -0.1) is 0 Å². The first-order valence-electron chi connectivity index (χ1n) is 8.32. The van der Waals surface area contributed by atoms with Gasteiger partial charge in [0.1, 0.15) is 0 Å². The number of fused-ring (bicyclic) bond motifs is 2. The fourth-order valence-electron chi connectivity index (χ4n) is 3.50. The van der Waals surface area contributed by atoms with Crippen molar-refractivity contribution in [1.29, 1.82) is 0 Å². The highest BCUT2D eigenvalue weighted by molar-refractivity contribution is 5.55. The molecular formula is C18H28N2O. The van der Waals surface area contributed by atoms with Gasteiger partial charge in [-0.25, -0.2) is 0 Å². The summed E-state index contributed by atoms with van der Waals surface area (Å²) in [6.07, 6.45) is 3.38. The van der Waals surface area contributed by atoms with Crippen LogP contribution in [0.25, 0.3) is 0 Å². The van der Waals surface area contributed by atoms with Gasteiger partial charge in [0.25, 0.3) is 0 Å². The van der Waals surface area contributed by atoms with E-state index in [0.29, 0.717) is 18.1 Å². The summed E-state index contributed by atoms with van der Waals surface area (Å²) in [6.45, 7) is 10.9. The molecule has 21 heavy (non-hydrogen) atoms. The molecule has 116 valence electrons. The van der Waals surface area contributed by atoms with Gasteiger partial charge in [0.15, 0.2) is 0 Å². The van der Waals surface area contributed by atoms with Crippen molar-refractivity contribution in [1.82, 2.24) is 5.32 Å². The Morgan fingerprint density at radius 1 is 1.24 bits per heavy atom. The van der Waals surface area contributed by atoms with Gasteiger partial charge in [0, 0.05) is 25.3 Å². The van der Waals surface area contributed by atoms with E-state index < -0.39 is 0 Å². The molecule has 2 aliphatic rings. The second-order valence-corrected chi connectivity index (χ2v) is 7.01. The van der Waals surface area contributed by atoms with Crippen LogP contribution in [-0.2, 0) is 11.3 Å². The van der Waals surface area contributed by atoms with Crippen molar-refractivity contribution in [2.24, 2.45) is 5.92 Å². The van der Waals surface area contributed by atoms with E-state index in [1.54, 1.807) is 0 Å². The molecule has 1 aromatic carbocycles. The summed E-state index contributed by atoms with van der Waals surface area (Å²) in [4.78, 5) is 2.52. The second-order valence-electron chi connectivity index (χ2n) is 7.01. The molecule has 0 amide bonds. The van der Waals surface area contributed by atoms with Crippen molar-refractivity contribution in [2.45, 2.75) is 52.4 Å². The molecular weight excluding hydrogens is 260 g/mol. The van der Waals surface area contributed by atoms with Crippen molar-refractivity contribution < 1.29 is 4.74 Å². The Balaban J connectivity index is 1.64. The molecule has 2 aliphatic heterocycles. The summed E-state index contributed by atoms with van der Waals surface area (Å²) >= 11 is 0. The van der Waals surface area contributed by atoms with Crippen LogP contribution in [0.1, 0.15) is 37.8 Å². The number of morpholine rings is 1. The first-order chi connectivity index (χ1) is 10.1. The van der Waals surface area contributed by atoms with Gasteiger partial charge in [-0.05, 0) is 49.4 Å². The third-order valence-electron chi connectivity index (χ3n) is 4.53. The van der Waals surface area contributed by atoms with Gasteiger partial charge < -0.3 is 15.0 Å². The summed E-state index contributed by atoms with van der Waals surface area (Å²) < 4.78 is 5.94. The monoisotopic (exact) mass is 288 g/mol. The van der Waals surface area contributed by atoms with Gasteiger partial charge in [-0.1, -0.05) is 26.0 Å². The molecule has 0 radical (unpaired) electrons. The molecule has 2 unspecified atom stereocenters. The number of rotatable bonds is 5. The van der Waals surface area contributed by atoms with E-state index in [9.17, 15) is 0 Å². The van der Waals surface area contributed by atoms with Crippen molar-refractivity contribution in [3.8, 4) is 0 Å². The zero-order valence-electron chi connectivity index (χ0n) is 13.6. The lowest BCUT2D eigenvalue weighted by molar-refractivity contribution is 0.0304. The van der Waals surface area contributed by atoms with Crippen LogP contribution in [0, 0.1) is 12.8 Å². The number of hydrogen-bond acceptors (Lipinski definition) is 3. The lowest BCUT2D eigenvalue weighted by Crippen LogP contribution is -2.42. The predicted molar refractivity (Wildman–Crippen MR) is 87.8 cm³/mol. The summed E-state index contributed by atoms with van der Waals surface area (Å²) in [5.41, 5.74) is 4.16. The largest absolute Gasteiger partial charge is 0.371 e. The minimum absolute atomic E-state index is 0.454. The molecule has 0 saturated carbocycles. The highest BCUT2D eigenvalue weighted by Gasteiger charge is 2.34. The maximum atomic E-state index is 5.94. The summed E-state index contributed by atoms with van der Waals surface area (Å²) in [5.74, 6) is 0.703. The number of nitrogens with one attached hydrogen (secondary N) is 1. The van der Waals surface area contributed by atoms with E-state index in [-0.39, 0.29) is 0 Å². The molecule has 3 nitrogen and oxygen atoms in total. The molecule has 1 N–H and O–H groups in total. The molecule has 2 bridgehead atoms. The Morgan fingerprint density at radius 3 is 2.57 bits per heavy atom. The third-order valence-corrected chi connectivity index (χ3v) is 4.53. The number of ether oxygens (including phenoxy) is 1. The number of hydrogen-bond donors (Lipinski definition) is 1. The maximum Gasteiger partial charge on any atom is 0.0755 e. The highest BCUT2D eigenvalue weighted by atomic mass is 16.5. The van der Waals surface area contributed by atoms with Crippen molar-refractivity contribution in [3.63, 3.8) is 0 Å². The molecule has 0 spiro atoms. The SMILES string of the molecule is Cc1cc(CNCC(C)C)ccc1N1CC2CCC(C1)O2. The van der Waals surface area contributed by atoms with E-state index >= 15 is 0 Å². The Labute approximate surface area is 128 Å². The van der Waals surface area contributed by atoms with Crippen molar-refractivity contribution in [3.05, 3.63) is 29.3 Å². The Hall–Kier alpha value is -1.06. The number of benzene rings is 1. The van der Waals surface area contributed by atoms with Crippen LogP contribution >= 0.6 is 0 Å². The minimum Gasteiger partial charge on any atom is -0.371 e. The van der Waals surface area contributed by atoms with Crippen LogP contribution in [0.3, 0.4) is 0 Å². The smallest absolute Gasteiger partial charge is 0.0755 e. The summed E-state index contributed by atoms with van der Waals surface area (Å²) in [7, 11) is 0. The number of anilines is 1. The van der Waals surface area contributed by atoms with Gasteiger partial charge in [0.2, 0.25) is 0 Å². The second kappa shape index (κ2) is 6.37. The molecule has 2 fully saturated rings. The lowest BCUT2D eigenvalue weighted by Gasteiger charge is -2.35. The quantitative estimate of drug-likeness (QED) is 0.901. The van der Waals surface area contributed by atoms with E-state index in [1.807, 2.05) is 0 Å². The van der Waals surface area contributed by atoms with E-state index in [0.717, 1.165) is 26.2 Å². The highest BCUT2D eigenvalue weighted by Crippen LogP contribution is 2.31. The molecule has 2 saturated heterocycles. The average Bonchev–Trinajstić information content (AvgIpc) is 2.77. The van der Waals surface area contributed by atoms with Gasteiger partial charge >= 0.3 is 0 Å². The van der Waals surface area contributed by atoms with Crippen LogP contribution in [0.15, 0.2) is 18.2 Å². The van der Waals surface area contributed by atoms with Gasteiger partial charge in [-0.2, -0.15) is 0 Å². The molecule has 1 aromatic rings. The Kier molecular flexibility index (Phi) is 4.51. The Morgan fingerprint density at radius 2 is 1.95 bits per heavy atom. The Bertz CT molecular complexity index is 474. The molecule has 2 heterocycles. The third kappa shape index (κ3) is 3.58. The van der Waals surface area contributed by atoms with Crippen LogP contribution < -0.4 is 10.2 Å². The number of nitrogens with zero attached hydrogens (tertiary/aromatic N) is 1. The number of aryl methyl sites for hydroxylation is 1. The molecule has 2 atom stereocenters. The summed E-state index contributed by atoms with van der Waals surface area (Å²) in [5, 5.41) is 3.52. The zero-order chi connectivity index (χ0) is 14.8. The van der Waals surface area contributed by atoms with E-state index in [4.69, 9.17) is 4.74 Å². The lowest BCUT2D eigenvalue weighted by atomic mass is 10.1. The van der Waals surface area contributed by atoms with Crippen LogP contribution in [0.4, 0.5) is 5.69 Å².